The first-order valence-electron chi connectivity index (χ1n) is 11.0. The average molecular weight is 513 g/mol. The van der Waals surface area contributed by atoms with Crippen LogP contribution in [0.3, 0.4) is 0 Å². The topological polar surface area (TPSA) is 56.5 Å². The lowest BCUT2D eigenvalue weighted by Crippen LogP contribution is -2.16. The van der Waals surface area contributed by atoms with Crippen LogP contribution in [-0.2, 0) is 11.0 Å². The summed E-state index contributed by atoms with van der Waals surface area (Å²) in [5.41, 5.74) is 0.111. The van der Waals surface area contributed by atoms with Crippen LogP contribution in [0.15, 0.2) is 82.0 Å². The van der Waals surface area contributed by atoms with Gasteiger partial charge in [-0.3, -0.25) is 4.79 Å². The molecule has 0 saturated carbocycles. The van der Waals surface area contributed by atoms with Crippen molar-refractivity contribution in [2.75, 3.05) is 0 Å². The van der Waals surface area contributed by atoms with Gasteiger partial charge in [-0.05, 0) is 52.9 Å². The number of fused-ring (bicyclic) bond motifs is 1. The van der Waals surface area contributed by atoms with Crippen molar-refractivity contribution < 1.29 is 27.1 Å². The molecule has 0 fully saturated rings. The maximum Gasteiger partial charge on any atom is 0.450 e. The summed E-state index contributed by atoms with van der Waals surface area (Å²) in [5, 5.41) is 0.221. The van der Waals surface area contributed by atoms with E-state index in [9.17, 15) is 22.8 Å². The van der Waals surface area contributed by atoms with Gasteiger partial charge in [0.2, 0.25) is 11.2 Å². The minimum atomic E-state index is -4.94. The highest BCUT2D eigenvalue weighted by atomic mass is 35.5. The summed E-state index contributed by atoms with van der Waals surface area (Å²) in [6, 6.07) is 16.7. The van der Waals surface area contributed by atoms with E-state index in [0.717, 1.165) is 17.2 Å². The molecule has 0 amide bonds. The quantitative estimate of drug-likeness (QED) is 0.155. The number of halogens is 4. The summed E-state index contributed by atoms with van der Waals surface area (Å²) in [6.07, 6.45) is -2.17. The van der Waals surface area contributed by atoms with Crippen LogP contribution in [0.1, 0.15) is 36.7 Å². The average Bonchev–Trinajstić information content (AvgIpc) is 2.83. The molecule has 0 aliphatic rings. The molecule has 8 heteroatoms. The summed E-state index contributed by atoms with van der Waals surface area (Å²) in [4.78, 5) is 25.3. The number of hydrogen-bond donors (Lipinski definition) is 0. The zero-order chi connectivity index (χ0) is 26.0. The fourth-order valence-electron chi connectivity index (χ4n) is 3.62. The van der Waals surface area contributed by atoms with Crippen LogP contribution in [0.4, 0.5) is 13.2 Å². The van der Waals surface area contributed by atoms with Crippen molar-refractivity contribution in [2.45, 2.75) is 25.9 Å². The van der Waals surface area contributed by atoms with Gasteiger partial charge in [0.25, 0.3) is 0 Å². The molecule has 1 heterocycles. The van der Waals surface area contributed by atoms with E-state index in [1.165, 1.54) is 42.5 Å². The number of carbonyl (C=O) groups excluding carboxylic acids is 1. The lowest BCUT2D eigenvalue weighted by molar-refractivity contribution is -0.152. The molecule has 4 nitrogen and oxygen atoms in total. The Balaban J connectivity index is 1.65. The molecule has 36 heavy (non-hydrogen) atoms. The number of benzene rings is 3. The maximum absolute atomic E-state index is 13.8. The van der Waals surface area contributed by atoms with E-state index in [1.54, 1.807) is 6.08 Å². The van der Waals surface area contributed by atoms with Crippen LogP contribution in [0.5, 0.6) is 5.75 Å². The molecule has 0 atom stereocenters. The van der Waals surface area contributed by atoms with Crippen LogP contribution in [0, 0.1) is 0 Å². The van der Waals surface area contributed by atoms with Crippen molar-refractivity contribution in [1.82, 2.24) is 0 Å². The third-order valence-electron chi connectivity index (χ3n) is 5.49. The van der Waals surface area contributed by atoms with E-state index in [1.807, 2.05) is 24.3 Å². The Morgan fingerprint density at radius 3 is 2.28 bits per heavy atom. The zero-order valence-electron chi connectivity index (χ0n) is 19.2. The van der Waals surface area contributed by atoms with Gasteiger partial charge >= 0.3 is 12.1 Å². The van der Waals surface area contributed by atoms with Crippen LogP contribution in [0.25, 0.3) is 28.2 Å². The second-order valence-corrected chi connectivity index (χ2v) is 8.81. The Labute approximate surface area is 209 Å². The second kappa shape index (κ2) is 10.0. The predicted octanol–water partition coefficient (Wildman–Crippen LogP) is 7.87. The fraction of sp³-hybridized carbons (Fsp3) is 0.143. The third-order valence-corrected chi connectivity index (χ3v) is 5.74. The number of rotatable bonds is 5. The molecule has 0 aliphatic carbocycles. The molecule has 184 valence electrons. The molecule has 1 aromatic heterocycles. The van der Waals surface area contributed by atoms with Crippen molar-refractivity contribution in [3.8, 4) is 16.9 Å². The highest BCUT2D eigenvalue weighted by Gasteiger charge is 2.39. The van der Waals surface area contributed by atoms with Gasteiger partial charge in [0.15, 0.2) is 0 Å². The first-order chi connectivity index (χ1) is 17.0. The molecule has 0 bridgehead atoms. The van der Waals surface area contributed by atoms with Gasteiger partial charge in [-0.25, -0.2) is 4.79 Å². The smallest absolute Gasteiger partial charge is 0.450 e. The highest BCUT2D eigenvalue weighted by Crippen LogP contribution is 2.38. The lowest BCUT2D eigenvalue weighted by Gasteiger charge is -2.13. The summed E-state index contributed by atoms with van der Waals surface area (Å²) in [6.45, 7) is 4.15. The number of carbonyl (C=O) groups is 1. The van der Waals surface area contributed by atoms with Gasteiger partial charge < -0.3 is 9.15 Å². The van der Waals surface area contributed by atoms with Gasteiger partial charge in [-0.15, -0.1) is 0 Å². The van der Waals surface area contributed by atoms with Crippen molar-refractivity contribution >= 4 is 34.6 Å². The Kier molecular flexibility index (Phi) is 7.04. The molecule has 0 N–H and O–H groups in total. The summed E-state index contributed by atoms with van der Waals surface area (Å²) < 4.78 is 51.8. The van der Waals surface area contributed by atoms with Gasteiger partial charge in [0, 0.05) is 17.2 Å². The number of alkyl halides is 3. The summed E-state index contributed by atoms with van der Waals surface area (Å²) in [7, 11) is 0. The predicted molar refractivity (Wildman–Crippen MR) is 133 cm³/mol. The molecule has 4 rings (SSSR count). The Morgan fingerprint density at radius 1 is 1.00 bits per heavy atom. The van der Waals surface area contributed by atoms with E-state index in [-0.39, 0.29) is 22.3 Å². The Morgan fingerprint density at radius 2 is 1.67 bits per heavy atom. The van der Waals surface area contributed by atoms with Crippen molar-refractivity contribution in [1.29, 1.82) is 0 Å². The SMILES string of the molecule is CC(C)c1ccc(C=CC(=O)Oc2ccc3c(=O)c(-c4ccc(Cl)cc4)c(C(F)(F)F)oc3c2)cc1. The minimum Gasteiger partial charge on any atom is -0.450 e. The van der Waals surface area contributed by atoms with Crippen LogP contribution < -0.4 is 10.2 Å². The van der Waals surface area contributed by atoms with E-state index in [4.69, 9.17) is 20.8 Å². The molecule has 0 radical (unpaired) electrons. The second-order valence-electron chi connectivity index (χ2n) is 8.37. The zero-order valence-corrected chi connectivity index (χ0v) is 20.0. The van der Waals surface area contributed by atoms with Gasteiger partial charge in [-0.2, -0.15) is 13.2 Å². The van der Waals surface area contributed by atoms with E-state index in [0.29, 0.717) is 10.9 Å². The Hall–Kier alpha value is -3.84. The van der Waals surface area contributed by atoms with Gasteiger partial charge in [0.05, 0.1) is 10.9 Å². The molecule has 0 aliphatic heterocycles. The Bertz CT molecular complexity index is 1500. The molecule has 4 aromatic rings. The molecule has 0 unspecified atom stereocenters. The maximum atomic E-state index is 13.8. The summed E-state index contributed by atoms with van der Waals surface area (Å²) >= 11 is 5.83. The van der Waals surface area contributed by atoms with Crippen molar-refractivity contribution in [2.24, 2.45) is 0 Å². The monoisotopic (exact) mass is 512 g/mol. The first kappa shape index (κ1) is 25.3. The standard InChI is InChI=1S/C28H20ClF3O4/c1-16(2)18-6-3-17(4-7-18)5-14-24(33)35-21-12-13-22-23(15-21)36-27(28(30,31)32)25(26(22)34)19-8-10-20(29)11-9-19/h3-16H,1-2H3. The number of esters is 1. The van der Waals surface area contributed by atoms with E-state index >= 15 is 0 Å². The van der Waals surface area contributed by atoms with E-state index < -0.39 is 28.9 Å². The molecular formula is C28H20ClF3O4. The van der Waals surface area contributed by atoms with Gasteiger partial charge in [0.1, 0.15) is 11.3 Å². The van der Waals surface area contributed by atoms with Crippen LogP contribution in [0.2, 0.25) is 5.02 Å². The largest absolute Gasteiger partial charge is 0.450 e. The number of hydrogen-bond acceptors (Lipinski definition) is 4. The summed E-state index contributed by atoms with van der Waals surface area (Å²) in [5.74, 6) is -1.88. The minimum absolute atomic E-state index is 0.0180. The third kappa shape index (κ3) is 5.52. The van der Waals surface area contributed by atoms with Crippen LogP contribution in [-0.4, -0.2) is 5.97 Å². The normalized spacial score (nSPS) is 12.0. The van der Waals surface area contributed by atoms with E-state index in [2.05, 4.69) is 13.8 Å². The van der Waals surface area contributed by atoms with Crippen LogP contribution >= 0.6 is 11.6 Å². The highest BCUT2D eigenvalue weighted by molar-refractivity contribution is 6.30. The molecule has 0 spiro atoms. The van der Waals surface area contributed by atoms with Crippen molar-refractivity contribution in [3.05, 3.63) is 105 Å². The molecular weight excluding hydrogens is 493 g/mol. The first-order valence-corrected chi connectivity index (χ1v) is 11.3. The van der Waals surface area contributed by atoms with Crippen molar-refractivity contribution in [3.63, 3.8) is 0 Å². The fourth-order valence-corrected chi connectivity index (χ4v) is 3.75. The van der Waals surface area contributed by atoms with Gasteiger partial charge in [-0.1, -0.05) is 61.8 Å². The molecule has 3 aromatic carbocycles. The number of ether oxygens (including phenoxy) is 1. The lowest BCUT2D eigenvalue weighted by atomic mass is 10.0. The molecule has 0 saturated heterocycles.